The molecule has 16 heavy (non-hydrogen) atoms. The van der Waals surface area contributed by atoms with E-state index in [1.54, 1.807) is 0 Å². The van der Waals surface area contributed by atoms with Gasteiger partial charge in [-0.25, -0.2) is 4.98 Å². The highest BCUT2D eigenvalue weighted by Crippen LogP contribution is 2.39. The molecule has 3 nitrogen and oxygen atoms in total. The molecule has 1 unspecified atom stereocenters. The van der Waals surface area contributed by atoms with Crippen molar-refractivity contribution in [2.24, 2.45) is 17.6 Å². The first-order chi connectivity index (χ1) is 7.63. The summed E-state index contributed by atoms with van der Waals surface area (Å²) in [6.07, 6.45) is 6.56. The third kappa shape index (κ3) is 2.01. The van der Waals surface area contributed by atoms with Gasteiger partial charge in [0.2, 0.25) is 0 Å². The van der Waals surface area contributed by atoms with E-state index in [2.05, 4.69) is 30.3 Å². The molecular formula is C13H23N3. The van der Waals surface area contributed by atoms with Crippen LogP contribution in [-0.4, -0.2) is 16.1 Å². The first-order valence-corrected chi connectivity index (χ1v) is 6.35. The average molecular weight is 221 g/mol. The van der Waals surface area contributed by atoms with E-state index in [1.165, 1.54) is 18.5 Å². The standard InChI is InChI=1S/C13H23N3/c1-9(2)12(6-14)13-7-15-8-16(13)11-4-10(3)5-11/h7-12H,4-6,14H2,1-3H3. The second-order valence-electron chi connectivity index (χ2n) is 5.54. The van der Waals surface area contributed by atoms with E-state index in [1.807, 2.05) is 12.5 Å². The summed E-state index contributed by atoms with van der Waals surface area (Å²) >= 11 is 0. The molecule has 1 aromatic heterocycles. The van der Waals surface area contributed by atoms with Crippen LogP contribution in [0.1, 0.15) is 51.3 Å². The zero-order valence-electron chi connectivity index (χ0n) is 10.6. The molecule has 1 aliphatic carbocycles. The SMILES string of the molecule is CC1CC(n2cncc2C(CN)C(C)C)C1. The number of imidazole rings is 1. The first kappa shape index (κ1) is 11.6. The molecule has 2 rings (SSSR count). The monoisotopic (exact) mass is 221 g/mol. The van der Waals surface area contributed by atoms with Crippen molar-refractivity contribution in [2.75, 3.05) is 6.54 Å². The molecule has 0 amide bonds. The van der Waals surface area contributed by atoms with Crippen molar-refractivity contribution >= 4 is 0 Å². The van der Waals surface area contributed by atoms with Gasteiger partial charge in [0, 0.05) is 30.4 Å². The molecule has 3 heteroatoms. The average Bonchev–Trinajstić information content (AvgIpc) is 2.62. The molecule has 0 saturated heterocycles. The van der Waals surface area contributed by atoms with Crippen molar-refractivity contribution in [2.45, 2.75) is 45.6 Å². The molecule has 90 valence electrons. The molecule has 0 aromatic carbocycles. The lowest BCUT2D eigenvalue weighted by Crippen LogP contribution is -2.28. The Bertz CT molecular complexity index is 337. The zero-order chi connectivity index (χ0) is 11.7. The van der Waals surface area contributed by atoms with Crippen LogP contribution in [0.25, 0.3) is 0 Å². The summed E-state index contributed by atoms with van der Waals surface area (Å²) in [6, 6.07) is 0.667. The Morgan fingerprint density at radius 2 is 2.19 bits per heavy atom. The molecule has 1 fully saturated rings. The molecule has 0 spiro atoms. The summed E-state index contributed by atoms with van der Waals surface area (Å²) in [5.41, 5.74) is 7.21. The number of hydrogen-bond donors (Lipinski definition) is 1. The van der Waals surface area contributed by atoms with Crippen LogP contribution in [0.5, 0.6) is 0 Å². The number of nitrogens with zero attached hydrogens (tertiary/aromatic N) is 2. The Morgan fingerprint density at radius 1 is 1.50 bits per heavy atom. The van der Waals surface area contributed by atoms with Crippen LogP contribution >= 0.6 is 0 Å². The van der Waals surface area contributed by atoms with Crippen molar-refractivity contribution in [3.05, 3.63) is 18.2 Å². The highest BCUT2D eigenvalue weighted by atomic mass is 15.1. The van der Waals surface area contributed by atoms with E-state index in [0.717, 1.165) is 5.92 Å². The van der Waals surface area contributed by atoms with E-state index in [0.29, 0.717) is 24.4 Å². The van der Waals surface area contributed by atoms with Gasteiger partial charge in [0.1, 0.15) is 0 Å². The lowest BCUT2D eigenvalue weighted by Gasteiger charge is -2.36. The number of aromatic nitrogens is 2. The Hall–Kier alpha value is -0.830. The van der Waals surface area contributed by atoms with Crippen molar-refractivity contribution < 1.29 is 0 Å². The van der Waals surface area contributed by atoms with Crippen LogP contribution in [0.3, 0.4) is 0 Å². The van der Waals surface area contributed by atoms with Crippen LogP contribution in [0, 0.1) is 11.8 Å². The number of hydrogen-bond acceptors (Lipinski definition) is 2. The third-order valence-corrected chi connectivity index (χ3v) is 3.88. The second-order valence-corrected chi connectivity index (χ2v) is 5.54. The van der Waals surface area contributed by atoms with Crippen molar-refractivity contribution in [1.82, 2.24) is 9.55 Å². The van der Waals surface area contributed by atoms with Crippen LogP contribution in [0.4, 0.5) is 0 Å². The summed E-state index contributed by atoms with van der Waals surface area (Å²) in [5.74, 6) is 1.90. The fourth-order valence-electron chi connectivity index (χ4n) is 2.73. The molecule has 0 aliphatic heterocycles. The molecule has 1 atom stereocenters. The third-order valence-electron chi connectivity index (χ3n) is 3.88. The van der Waals surface area contributed by atoms with Crippen LogP contribution in [0.15, 0.2) is 12.5 Å². The maximum Gasteiger partial charge on any atom is 0.0950 e. The fourth-order valence-corrected chi connectivity index (χ4v) is 2.73. The largest absolute Gasteiger partial charge is 0.331 e. The van der Waals surface area contributed by atoms with Gasteiger partial charge >= 0.3 is 0 Å². The van der Waals surface area contributed by atoms with Gasteiger partial charge < -0.3 is 10.3 Å². The van der Waals surface area contributed by atoms with Gasteiger partial charge in [-0.1, -0.05) is 20.8 Å². The van der Waals surface area contributed by atoms with Gasteiger partial charge in [0.25, 0.3) is 0 Å². The van der Waals surface area contributed by atoms with Crippen LogP contribution < -0.4 is 5.73 Å². The summed E-state index contributed by atoms with van der Waals surface area (Å²) in [5, 5.41) is 0. The van der Waals surface area contributed by atoms with E-state index < -0.39 is 0 Å². The van der Waals surface area contributed by atoms with Crippen molar-refractivity contribution in [3.63, 3.8) is 0 Å². The Balaban J connectivity index is 2.18. The van der Waals surface area contributed by atoms with Gasteiger partial charge in [-0.05, 0) is 24.7 Å². The number of rotatable bonds is 4. The van der Waals surface area contributed by atoms with Gasteiger partial charge in [-0.3, -0.25) is 0 Å². The predicted molar refractivity (Wildman–Crippen MR) is 66.3 cm³/mol. The molecule has 2 N–H and O–H groups in total. The minimum absolute atomic E-state index is 0.443. The second kappa shape index (κ2) is 4.58. The highest BCUT2D eigenvalue weighted by molar-refractivity contribution is 5.10. The fraction of sp³-hybridized carbons (Fsp3) is 0.769. The predicted octanol–water partition coefficient (Wildman–Crippen LogP) is 2.55. The van der Waals surface area contributed by atoms with Gasteiger partial charge in [0.15, 0.2) is 0 Å². The van der Waals surface area contributed by atoms with E-state index in [9.17, 15) is 0 Å². The summed E-state index contributed by atoms with van der Waals surface area (Å²) in [4.78, 5) is 4.31. The zero-order valence-corrected chi connectivity index (χ0v) is 10.6. The lowest BCUT2D eigenvalue weighted by molar-refractivity contribution is 0.208. The van der Waals surface area contributed by atoms with Crippen molar-refractivity contribution in [3.8, 4) is 0 Å². The van der Waals surface area contributed by atoms with E-state index in [4.69, 9.17) is 5.73 Å². The molecule has 1 heterocycles. The smallest absolute Gasteiger partial charge is 0.0950 e. The minimum atomic E-state index is 0.443. The van der Waals surface area contributed by atoms with Gasteiger partial charge in [0.05, 0.1) is 6.33 Å². The van der Waals surface area contributed by atoms with Crippen LogP contribution in [0.2, 0.25) is 0 Å². The van der Waals surface area contributed by atoms with Gasteiger partial charge in [-0.2, -0.15) is 0 Å². The quantitative estimate of drug-likeness (QED) is 0.849. The summed E-state index contributed by atoms with van der Waals surface area (Å²) in [6.45, 7) is 7.50. The maximum atomic E-state index is 5.88. The van der Waals surface area contributed by atoms with E-state index >= 15 is 0 Å². The molecular weight excluding hydrogens is 198 g/mol. The molecule has 1 aliphatic rings. The van der Waals surface area contributed by atoms with E-state index in [-0.39, 0.29) is 0 Å². The summed E-state index contributed by atoms with van der Waals surface area (Å²) < 4.78 is 2.36. The first-order valence-electron chi connectivity index (χ1n) is 6.35. The highest BCUT2D eigenvalue weighted by Gasteiger charge is 2.30. The molecule has 1 saturated carbocycles. The van der Waals surface area contributed by atoms with Gasteiger partial charge in [-0.15, -0.1) is 0 Å². The Morgan fingerprint density at radius 3 is 2.69 bits per heavy atom. The minimum Gasteiger partial charge on any atom is -0.331 e. The Labute approximate surface area is 98.1 Å². The Kier molecular flexibility index (Phi) is 3.33. The lowest BCUT2D eigenvalue weighted by atomic mass is 9.81. The molecule has 0 bridgehead atoms. The maximum absolute atomic E-state index is 5.88. The van der Waals surface area contributed by atoms with Crippen LogP contribution in [-0.2, 0) is 0 Å². The number of nitrogens with two attached hydrogens (primary N) is 1. The molecule has 0 radical (unpaired) electrons. The normalized spacial score (nSPS) is 26.8. The molecule has 1 aromatic rings. The van der Waals surface area contributed by atoms with Crippen molar-refractivity contribution in [1.29, 1.82) is 0 Å². The summed E-state index contributed by atoms with van der Waals surface area (Å²) in [7, 11) is 0. The topological polar surface area (TPSA) is 43.8 Å².